The minimum Gasteiger partial charge on any atom is -0.0683 e. The molecule has 0 aromatic rings. The molecule has 0 N–H and O–H groups in total. The van der Waals surface area contributed by atoms with Gasteiger partial charge in [0.15, 0.2) is 0 Å². The largest absolute Gasteiger partial charge is 0.0683 e. The van der Waals surface area contributed by atoms with Gasteiger partial charge in [-0.15, -0.1) is 0 Å². The van der Waals surface area contributed by atoms with Gasteiger partial charge in [-0.05, 0) is 24.2 Å². The highest BCUT2D eigenvalue weighted by Gasteiger charge is 2.20. The van der Waals surface area contributed by atoms with Gasteiger partial charge in [0.2, 0.25) is 0 Å². The van der Waals surface area contributed by atoms with E-state index >= 15 is 0 Å². The van der Waals surface area contributed by atoms with Crippen LogP contribution in [0.5, 0.6) is 0 Å². The summed E-state index contributed by atoms with van der Waals surface area (Å²) in [5.74, 6) is 2.96. The Morgan fingerprint density at radius 1 is 0.818 bits per heavy atom. The highest BCUT2D eigenvalue weighted by molar-refractivity contribution is 4.72. The highest BCUT2D eigenvalue weighted by atomic mass is 14.3. The maximum absolute atomic E-state index is 2.39. The van der Waals surface area contributed by atoms with Crippen LogP contribution in [0, 0.1) is 17.8 Å². The van der Waals surface area contributed by atoms with Gasteiger partial charge in [-0.1, -0.05) is 47.5 Å². The monoisotopic (exact) mass is 156 g/mol. The first-order valence-corrected chi connectivity index (χ1v) is 5.20. The summed E-state index contributed by atoms with van der Waals surface area (Å²) in [4.78, 5) is 0. The van der Waals surface area contributed by atoms with Gasteiger partial charge in [0.25, 0.3) is 0 Å². The quantitative estimate of drug-likeness (QED) is 0.495. The molecule has 0 aromatic heterocycles. The molecule has 0 amide bonds. The van der Waals surface area contributed by atoms with Gasteiger partial charge in [-0.2, -0.15) is 0 Å². The van der Waals surface area contributed by atoms with E-state index in [9.17, 15) is 0 Å². The van der Waals surface area contributed by atoms with Crippen LogP contribution in [-0.4, -0.2) is 0 Å². The van der Waals surface area contributed by atoms with Crippen LogP contribution in [0.1, 0.15) is 53.9 Å². The lowest BCUT2D eigenvalue weighted by atomic mass is 9.77. The molecule has 3 atom stereocenters. The van der Waals surface area contributed by atoms with Crippen molar-refractivity contribution in [3.8, 4) is 0 Å². The fourth-order valence-electron chi connectivity index (χ4n) is 1.82. The number of hydrogen-bond donors (Lipinski definition) is 0. The van der Waals surface area contributed by atoms with E-state index in [1.54, 1.807) is 0 Å². The van der Waals surface area contributed by atoms with Crippen molar-refractivity contribution in [1.82, 2.24) is 0 Å². The van der Waals surface area contributed by atoms with Gasteiger partial charge in [0.05, 0.1) is 0 Å². The summed E-state index contributed by atoms with van der Waals surface area (Å²) in [6.07, 6.45) is 4.38. The van der Waals surface area contributed by atoms with Crippen LogP contribution in [0.25, 0.3) is 0 Å². The van der Waals surface area contributed by atoms with Crippen LogP contribution in [-0.2, 0) is 0 Å². The fraction of sp³-hybridized carbons (Fsp3) is 1.00. The third kappa shape index (κ3) is 3.79. The molecule has 0 spiro atoms. The molecule has 1 saturated carbocycles. The third-order valence-electron chi connectivity index (χ3n) is 2.86. The maximum atomic E-state index is 2.39. The van der Waals surface area contributed by atoms with E-state index in [2.05, 4.69) is 20.8 Å². The lowest BCUT2D eigenvalue weighted by molar-refractivity contribution is 0.220. The van der Waals surface area contributed by atoms with Crippen molar-refractivity contribution < 1.29 is 0 Å². The zero-order chi connectivity index (χ0) is 8.85. The second kappa shape index (κ2) is 5.62. The molecule has 1 rings (SSSR count). The predicted molar refractivity (Wildman–Crippen MR) is 52.7 cm³/mol. The van der Waals surface area contributed by atoms with E-state index < -0.39 is 0 Å². The predicted octanol–water partition coefficient (Wildman–Crippen LogP) is 4.10. The van der Waals surface area contributed by atoms with E-state index in [1.165, 1.54) is 19.3 Å². The van der Waals surface area contributed by atoms with Crippen molar-refractivity contribution in [2.75, 3.05) is 0 Å². The Hall–Kier alpha value is 0. The SMILES string of the molecule is CC.CC1CC[C@@H](C)C[C@@H]1C. The smallest absolute Gasteiger partial charge is 0.0414 e. The second-order valence-electron chi connectivity index (χ2n) is 3.87. The summed E-state index contributed by atoms with van der Waals surface area (Å²) in [5, 5.41) is 0. The Kier molecular flexibility index (Phi) is 5.62. The number of hydrogen-bond acceptors (Lipinski definition) is 0. The Labute approximate surface area is 72.4 Å². The second-order valence-corrected chi connectivity index (χ2v) is 3.87. The van der Waals surface area contributed by atoms with E-state index in [0.29, 0.717) is 0 Å². The molecule has 0 heteroatoms. The maximum Gasteiger partial charge on any atom is -0.0414 e. The summed E-state index contributed by atoms with van der Waals surface area (Å²) in [6, 6.07) is 0. The summed E-state index contributed by atoms with van der Waals surface area (Å²) in [7, 11) is 0. The average molecular weight is 156 g/mol. The van der Waals surface area contributed by atoms with Crippen molar-refractivity contribution in [1.29, 1.82) is 0 Å². The molecule has 0 nitrogen and oxygen atoms in total. The lowest BCUT2D eigenvalue weighted by Crippen LogP contribution is -2.18. The summed E-state index contributed by atoms with van der Waals surface area (Å²) >= 11 is 0. The first-order chi connectivity index (χ1) is 5.20. The molecule has 1 unspecified atom stereocenters. The molecule has 1 fully saturated rings. The lowest BCUT2D eigenvalue weighted by Gasteiger charge is -2.29. The summed E-state index contributed by atoms with van der Waals surface area (Å²) in [5.41, 5.74) is 0. The molecule has 0 bridgehead atoms. The zero-order valence-electron chi connectivity index (χ0n) is 8.85. The van der Waals surface area contributed by atoms with Gasteiger partial charge in [-0.25, -0.2) is 0 Å². The standard InChI is InChI=1S/C9H18.C2H6/c1-7-4-5-8(2)9(3)6-7;1-2/h7-9H,4-6H2,1-3H3;1-2H3/t7-,8?,9+;/m1./s1. The molecule has 0 heterocycles. The van der Waals surface area contributed by atoms with Crippen molar-refractivity contribution in [3.63, 3.8) is 0 Å². The van der Waals surface area contributed by atoms with Crippen LogP contribution < -0.4 is 0 Å². The Morgan fingerprint density at radius 3 is 1.73 bits per heavy atom. The minimum atomic E-state index is 0.980. The Balaban J connectivity index is 0.000000461. The van der Waals surface area contributed by atoms with Gasteiger partial charge < -0.3 is 0 Å². The molecule has 0 saturated heterocycles. The molecule has 0 aliphatic heterocycles. The molecule has 11 heavy (non-hydrogen) atoms. The highest BCUT2D eigenvalue weighted by Crippen LogP contribution is 2.32. The first kappa shape index (κ1) is 11.0. The molecule has 68 valence electrons. The molecule has 1 aliphatic rings. The fourth-order valence-corrected chi connectivity index (χ4v) is 1.82. The molecule has 1 aliphatic carbocycles. The van der Waals surface area contributed by atoms with E-state index in [4.69, 9.17) is 0 Å². The Morgan fingerprint density at radius 2 is 1.36 bits per heavy atom. The van der Waals surface area contributed by atoms with Crippen molar-refractivity contribution >= 4 is 0 Å². The topological polar surface area (TPSA) is 0 Å². The average Bonchev–Trinajstić information content (AvgIpc) is 2.02. The van der Waals surface area contributed by atoms with Crippen molar-refractivity contribution in [3.05, 3.63) is 0 Å². The molecular formula is C11H24. The third-order valence-corrected chi connectivity index (χ3v) is 2.86. The van der Waals surface area contributed by atoms with Gasteiger partial charge in [0.1, 0.15) is 0 Å². The van der Waals surface area contributed by atoms with Crippen LogP contribution in [0.3, 0.4) is 0 Å². The molecular weight excluding hydrogens is 132 g/mol. The summed E-state index contributed by atoms with van der Waals surface area (Å²) in [6.45, 7) is 11.2. The van der Waals surface area contributed by atoms with Gasteiger partial charge in [0, 0.05) is 0 Å². The number of rotatable bonds is 0. The van der Waals surface area contributed by atoms with Crippen molar-refractivity contribution in [2.45, 2.75) is 53.9 Å². The molecule has 0 radical (unpaired) electrons. The van der Waals surface area contributed by atoms with E-state index in [-0.39, 0.29) is 0 Å². The van der Waals surface area contributed by atoms with Crippen LogP contribution in [0.2, 0.25) is 0 Å². The first-order valence-electron chi connectivity index (χ1n) is 5.20. The zero-order valence-corrected chi connectivity index (χ0v) is 8.85. The van der Waals surface area contributed by atoms with Crippen molar-refractivity contribution in [2.24, 2.45) is 17.8 Å². The van der Waals surface area contributed by atoms with Gasteiger partial charge >= 0.3 is 0 Å². The summed E-state index contributed by atoms with van der Waals surface area (Å²) < 4.78 is 0. The van der Waals surface area contributed by atoms with Gasteiger partial charge in [-0.3, -0.25) is 0 Å². The van der Waals surface area contributed by atoms with E-state index in [1.807, 2.05) is 13.8 Å². The van der Waals surface area contributed by atoms with Crippen LogP contribution >= 0.6 is 0 Å². The minimum absolute atomic E-state index is 0.980. The molecule has 0 aromatic carbocycles. The van der Waals surface area contributed by atoms with Crippen LogP contribution in [0.15, 0.2) is 0 Å². The van der Waals surface area contributed by atoms with Crippen LogP contribution in [0.4, 0.5) is 0 Å². The Bertz CT molecular complexity index is 86.0. The normalized spacial score (nSPS) is 37.4. The van der Waals surface area contributed by atoms with E-state index in [0.717, 1.165) is 17.8 Å².